The summed E-state index contributed by atoms with van der Waals surface area (Å²) in [5.74, 6) is -0.562. The first-order valence-corrected chi connectivity index (χ1v) is 10.0. The lowest BCUT2D eigenvalue weighted by molar-refractivity contribution is -0.147. The molecule has 0 saturated heterocycles. The summed E-state index contributed by atoms with van der Waals surface area (Å²) in [5, 5.41) is 5.44. The van der Waals surface area contributed by atoms with Gasteiger partial charge in [-0.1, -0.05) is 56.0 Å². The average molecular weight is 394 g/mol. The van der Waals surface area contributed by atoms with Crippen LogP contribution in [0.1, 0.15) is 48.9 Å². The number of esters is 1. The molecule has 1 saturated carbocycles. The number of carbonyl (C=O) groups excluding carboxylic acids is 3. The van der Waals surface area contributed by atoms with E-state index in [0.717, 1.165) is 6.42 Å². The van der Waals surface area contributed by atoms with Gasteiger partial charge in [0, 0.05) is 12.1 Å². The maximum absolute atomic E-state index is 12.5. The molecular formula is C23H26N2O4. The topological polar surface area (TPSA) is 84.5 Å². The molecular weight excluding hydrogens is 368 g/mol. The van der Waals surface area contributed by atoms with Gasteiger partial charge in [-0.3, -0.25) is 14.4 Å². The summed E-state index contributed by atoms with van der Waals surface area (Å²) < 4.78 is 5.08. The fourth-order valence-electron chi connectivity index (χ4n) is 3.54. The predicted octanol–water partition coefficient (Wildman–Crippen LogP) is 4.39. The monoisotopic (exact) mass is 394 g/mol. The van der Waals surface area contributed by atoms with Crippen LogP contribution in [-0.2, 0) is 14.3 Å². The fourth-order valence-corrected chi connectivity index (χ4v) is 3.54. The number of hydrogen-bond donors (Lipinski definition) is 2. The molecule has 2 aromatic rings. The second kappa shape index (κ2) is 10.4. The van der Waals surface area contributed by atoms with Crippen LogP contribution in [-0.4, -0.2) is 24.4 Å². The largest absolute Gasteiger partial charge is 0.456 e. The molecule has 0 bridgehead atoms. The van der Waals surface area contributed by atoms with Crippen molar-refractivity contribution in [1.82, 2.24) is 0 Å². The Balaban J connectivity index is 1.49. The van der Waals surface area contributed by atoms with Gasteiger partial charge in [0.1, 0.15) is 0 Å². The minimum atomic E-state index is -0.473. The van der Waals surface area contributed by atoms with Crippen molar-refractivity contribution in [2.45, 2.75) is 38.5 Å². The normalized spacial score (nSPS) is 13.7. The van der Waals surface area contributed by atoms with Gasteiger partial charge in [0.25, 0.3) is 11.8 Å². The van der Waals surface area contributed by atoms with Gasteiger partial charge in [-0.05, 0) is 36.6 Å². The molecule has 6 nitrogen and oxygen atoms in total. The summed E-state index contributed by atoms with van der Waals surface area (Å²) in [7, 11) is 0. The van der Waals surface area contributed by atoms with Crippen LogP contribution < -0.4 is 10.6 Å². The first-order valence-electron chi connectivity index (χ1n) is 10.0. The number of benzene rings is 2. The van der Waals surface area contributed by atoms with Gasteiger partial charge in [0.2, 0.25) is 0 Å². The molecule has 3 rings (SSSR count). The maximum atomic E-state index is 12.5. The Morgan fingerprint density at radius 1 is 0.897 bits per heavy atom. The summed E-state index contributed by atoms with van der Waals surface area (Å²) in [6, 6.07) is 15.8. The number of ether oxygens (including phenoxy) is 1. The highest BCUT2D eigenvalue weighted by Gasteiger charge is 2.18. The van der Waals surface area contributed by atoms with Crippen molar-refractivity contribution >= 4 is 29.2 Å². The zero-order valence-corrected chi connectivity index (χ0v) is 16.4. The van der Waals surface area contributed by atoms with Crippen LogP contribution in [0, 0.1) is 5.92 Å². The van der Waals surface area contributed by atoms with E-state index in [-0.39, 0.29) is 18.5 Å². The van der Waals surface area contributed by atoms with Gasteiger partial charge >= 0.3 is 5.97 Å². The predicted molar refractivity (Wildman–Crippen MR) is 112 cm³/mol. The molecule has 0 unspecified atom stereocenters. The molecule has 152 valence electrons. The molecule has 6 heteroatoms. The van der Waals surface area contributed by atoms with Crippen molar-refractivity contribution < 1.29 is 19.1 Å². The van der Waals surface area contributed by atoms with Gasteiger partial charge in [-0.25, -0.2) is 0 Å². The van der Waals surface area contributed by atoms with Crippen LogP contribution in [0.15, 0.2) is 54.6 Å². The van der Waals surface area contributed by atoms with Crippen LogP contribution in [0.3, 0.4) is 0 Å². The fraction of sp³-hybridized carbons (Fsp3) is 0.348. The smallest absolute Gasteiger partial charge is 0.306 e. The lowest BCUT2D eigenvalue weighted by atomic mass is 10.0. The summed E-state index contributed by atoms with van der Waals surface area (Å²) >= 11 is 0. The number of nitrogens with one attached hydrogen (secondary N) is 2. The minimum absolute atomic E-state index is 0.331. The maximum Gasteiger partial charge on any atom is 0.306 e. The van der Waals surface area contributed by atoms with Crippen LogP contribution in [0.5, 0.6) is 0 Å². The molecule has 2 amide bonds. The Labute approximate surface area is 170 Å². The molecule has 2 N–H and O–H groups in total. The van der Waals surface area contributed by atoms with Gasteiger partial charge < -0.3 is 15.4 Å². The third-order valence-corrected chi connectivity index (χ3v) is 5.07. The number of amides is 2. The molecule has 2 aromatic carbocycles. The molecule has 0 aliphatic heterocycles. The number of para-hydroxylation sites is 2. The molecule has 0 spiro atoms. The molecule has 0 radical (unpaired) electrons. The Morgan fingerprint density at radius 2 is 1.59 bits per heavy atom. The lowest BCUT2D eigenvalue weighted by Crippen LogP contribution is -2.23. The van der Waals surface area contributed by atoms with E-state index >= 15 is 0 Å². The van der Waals surface area contributed by atoms with Crippen LogP contribution >= 0.6 is 0 Å². The summed E-state index contributed by atoms with van der Waals surface area (Å²) in [6.07, 6.45) is 5.99. The van der Waals surface area contributed by atoms with Crippen LogP contribution in [0.4, 0.5) is 11.4 Å². The van der Waals surface area contributed by atoms with E-state index < -0.39 is 5.91 Å². The standard InChI is InChI=1S/C23H26N2O4/c26-21(16-29-22(27)15-14-17-8-4-5-9-17)25-20-13-7-6-12-19(20)23(28)24-18-10-2-1-3-11-18/h1-3,6-7,10-13,17H,4-5,8-9,14-16H2,(H,24,28)(H,25,26). The highest BCUT2D eigenvalue weighted by molar-refractivity contribution is 6.10. The van der Waals surface area contributed by atoms with E-state index in [9.17, 15) is 14.4 Å². The van der Waals surface area contributed by atoms with Crippen molar-refractivity contribution in [1.29, 1.82) is 0 Å². The molecule has 0 aromatic heterocycles. The molecule has 0 atom stereocenters. The zero-order valence-electron chi connectivity index (χ0n) is 16.4. The average Bonchev–Trinajstić information content (AvgIpc) is 3.25. The minimum Gasteiger partial charge on any atom is -0.456 e. The van der Waals surface area contributed by atoms with Crippen molar-refractivity contribution in [3.8, 4) is 0 Å². The van der Waals surface area contributed by atoms with Crippen LogP contribution in [0.2, 0.25) is 0 Å². The van der Waals surface area contributed by atoms with Gasteiger partial charge in [0.15, 0.2) is 6.61 Å². The highest BCUT2D eigenvalue weighted by atomic mass is 16.5. The molecule has 1 fully saturated rings. The Kier molecular flexibility index (Phi) is 7.39. The van der Waals surface area contributed by atoms with Crippen LogP contribution in [0.25, 0.3) is 0 Å². The van der Waals surface area contributed by atoms with E-state index in [1.807, 2.05) is 18.2 Å². The van der Waals surface area contributed by atoms with E-state index in [1.165, 1.54) is 25.7 Å². The summed E-state index contributed by atoms with van der Waals surface area (Å²) in [5.41, 5.74) is 1.36. The molecule has 29 heavy (non-hydrogen) atoms. The Bertz CT molecular complexity index is 845. The zero-order chi connectivity index (χ0) is 20.5. The number of rotatable bonds is 8. The molecule has 1 aliphatic carbocycles. The first kappa shape index (κ1) is 20.6. The number of anilines is 2. The van der Waals surface area contributed by atoms with E-state index in [4.69, 9.17) is 4.74 Å². The molecule has 0 heterocycles. The van der Waals surface area contributed by atoms with E-state index in [1.54, 1.807) is 36.4 Å². The SMILES string of the molecule is O=C(COC(=O)CCC1CCCC1)Nc1ccccc1C(=O)Nc1ccccc1. The second-order valence-corrected chi connectivity index (χ2v) is 7.26. The van der Waals surface area contributed by atoms with Crippen molar-refractivity contribution in [2.75, 3.05) is 17.2 Å². The summed E-state index contributed by atoms with van der Waals surface area (Å²) in [4.78, 5) is 36.6. The van der Waals surface area contributed by atoms with E-state index in [0.29, 0.717) is 29.3 Å². The van der Waals surface area contributed by atoms with Crippen molar-refractivity contribution in [2.24, 2.45) is 5.92 Å². The third kappa shape index (κ3) is 6.45. The summed E-state index contributed by atoms with van der Waals surface area (Å²) in [6.45, 7) is -0.363. The van der Waals surface area contributed by atoms with Gasteiger partial charge in [0.05, 0.1) is 11.3 Å². The second-order valence-electron chi connectivity index (χ2n) is 7.26. The van der Waals surface area contributed by atoms with Crippen molar-refractivity contribution in [3.63, 3.8) is 0 Å². The lowest BCUT2D eigenvalue weighted by Gasteiger charge is -2.12. The Morgan fingerprint density at radius 3 is 2.34 bits per heavy atom. The number of carbonyl (C=O) groups is 3. The Hall–Kier alpha value is -3.15. The number of hydrogen-bond acceptors (Lipinski definition) is 4. The van der Waals surface area contributed by atoms with Crippen molar-refractivity contribution in [3.05, 3.63) is 60.2 Å². The van der Waals surface area contributed by atoms with Gasteiger partial charge in [-0.15, -0.1) is 0 Å². The highest BCUT2D eigenvalue weighted by Crippen LogP contribution is 2.28. The first-order chi connectivity index (χ1) is 14.1. The third-order valence-electron chi connectivity index (χ3n) is 5.07. The molecule has 1 aliphatic rings. The van der Waals surface area contributed by atoms with Gasteiger partial charge in [-0.2, -0.15) is 0 Å². The van der Waals surface area contributed by atoms with E-state index in [2.05, 4.69) is 10.6 Å². The quantitative estimate of drug-likeness (QED) is 0.650.